The zero-order chi connectivity index (χ0) is 29.1. The molecule has 0 radical (unpaired) electrons. The molecular weight excluding hydrogens is 533 g/mol. The summed E-state index contributed by atoms with van der Waals surface area (Å²) in [6, 6.07) is 20.7. The number of ether oxygens (including phenoxy) is 1. The summed E-state index contributed by atoms with van der Waals surface area (Å²) < 4.78 is 43.2. The van der Waals surface area contributed by atoms with Crippen LogP contribution in [-0.4, -0.2) is 42.5 Å². The molecule has 0 saturated heterocycles. The highest BCUT2D eigenvalue weighted by molar-refractivity contribution is 5.91. The quantitative estimate of drug-likeness (QED) is 0.352. The second kappa shape index (κ2) is 11.8. The van der Waals surface area contributed by atoms with Gasteiger partial charge in [-0.15, -0.1) is 0 Å². The minimum atomic E-state index is -4.41. The third kappa shape index (κ3) is 6.61. The van der Waals surface area contributed by atoms with E-state index in [0.29, 0.717) is 12.0 Å². The second-order valence-corrected chi connectivity index (χ2v) is 10.6. The van der Waals surface area contributed by atoms with Crippen molar-refractivity contribution in [3.63, 3.8) is 0 Å². The molecular formula is C32H31F3N2O4. The molecule has 3 aromatic rings. The Hall–Kier alpha value is -4.14. The Kier molecular flexibility index (Phi) is 8.15. The van der Waals surface area contributed by atoms with Crippen LogP contribution in [0.3, 0.4) is 0 Å². The fourth-order valence-electron chi connectivity index (χ4n) is 5.59. The zero-order valence-corrected chi connectivity index (χ0v) is 22.7. The molecule has 2 amide bonds. The van der Waals surface area contributed by atoms with Crippen molar-refractivity contribution in [2.75, 3.05) is 13.7 Å². The fourth-order valence-corrected chi connectivity index (χ4v) is 5.59. The first-order chi connectivity index (χ1) is 19.6. The first kappa shape index (κ1) is 28.4. The molecule has 1 aliphatic carbocycles. The smallest absolute Gasteiger partial charge is 0.389 e. The maximum absolute atomic E-state index is 13.0. The minimum absolute atomic E-state index is 0.0450. The molecule has 9 heteroatoms. The average Bonchev–Trinajstić information content (AvgIpc) is 3.79. The largest absolute Gasteiger partial charge is 0.465 e. The number of hydrogen-bond donors (Lipinski definition) is 1. The monoisotopic (exact) mass is 564 g/mol. The van der Waals surface area contributed by atoms with Crippen LogP contribution in [0.5, 0.6) is 0 Å². The molecule has 0 spiro atoms. The standard InChI is InChI=1S/C32H31F3N2O4/c1-41-31(40)22-9-5-8-21(16-22)24-11-10-23(18-36-30(39)27-17-26(27)20-6-3-2-4-7-20)28-19-37(15-13-25(24)28)29(38)12-14-32(33,34)35/h2-11,16,26-27H,12-15,17-19H2,1H3,(H,36,39)/t26-,27?/m0/s1. The van der Waals surface area contributed by atoms with Crippen LogP contribution in [-0.2, 0) is 33.8 Å². The molecule has 0 bridgehead atoms. The van der Waals surface area contributed by atoms with Gasteiger partial charge in [0, 0.05) is 32.0 Å². The van der Waals surface area contributed by atoms with Crippen LogP contribution in [0, 0.1) is 5.92 Å². The van der Waals surface area contributed by atoms with Gasteiger partial charge in [0.25, 0.3) is 0 Å². The number of methoxy groups -OCH3 is 1. The SMILES string of the molecule is COC(=O)c1cccc(-c2ccc(CNC(=O)C3C[C@H]3c3ccccc3)c3c2CCN(C(=O)CCC(F)(F)F)C3)c1. The number of halogens is 3. The summed E-state index contributed by atoms with van der Waals surface area (Å²) >= 11 is 0. The molecule has 41 heavy (non-hydrogen) atoms. The van der Waals surface area contributed by atoms with E-state index in [1.165, 1.54) is 12.0 Å². The Morgan fingerprint density at radius 2 is 1.78 bits per heavy atom. The van der Waals surface area contributed by atoms with Gasteiger partial charge in [-0.1, -0.05) is 54.6 Å². The van der Waals surface area contributed by atoms with E-state index in [2.05, 4.69) is 5.32 Å². The number of benzene rings is 3. The van der Waals surface area contributed by atoms with Crippen LogP contribution < -0.4 is 5.32 Å². The predicted octanol–water partition coefficient (Wildman–Crippen LogP) is 5.79. The van der Waals surface area contributed by atoms with Gasteiger partial charge in [-0.05, 0) is 64.3 Å². The van der Waals surface area contributed by atoms with E-state index >= 15 is 0 Å². The van der Waals surface area contributed by atoms with E-state index in [4.69, 9.17) is 4.74 Å². The molecule has 0 aromatic heterocycles. The second-order valence-electron chi connectivity index (χ2n) is 10.6. The highest BCUT2D eigenvalue weighted by Crippen LogP contribution is 2.47. The molecule has 2 aliphatic rings. The lowest BCUT2D eigenvalue weighted by molar-refractivity contribution is -0.149. The lowest BCUT2D eigenvalue weighted by atomic mass is 9.87. The van der Waals surface area contributed by atoms with Gasteiger partial charge in [-0.25, -0.2) is 4.79 Å². The van der Waals surface area contributed by atoms with Gasteiger partial charge in [0.1, 0.15) is 0 Å². The summed E-state index contributed by atoms with van der Waals surface area (Å²) in [5, 5.41) is 3.04. The van der Waals surface area contributed by atoms with Crippen LogP contribution >= 0.6 is 0 Å². The Bertz CT molecular complexity index is 1460. The van der Waals surface area contributed by atoms with Crippen LogP contribution in [0.4, 0.5) is 13.2 Å². The van der Waals surface area contributed by atoms with E-state index in [-0.39, 0.29) is 37.4 Å². The van der Waals surface area contributed by atoms with E-state index in [1.54, 1.807) is 18.2 Å². The maximum Gasteiger partial charge on any atom is 0.389 e. The van der Waals surface area contributed by atoms with Crippen molar-refractivity contribution in [2.45, 2.75) is 50.9 Å². The van der Waals surface area contributed by atoms with Crippen LogP contribution in [0.25, 0.3) is 11.1 Å². The van der Waals surface area contributed by atoms with Gasteiger partial charge >= 0.3 is 12.1 Å². The van der Waals surface area contributed by atoms with E-state index in [0.717, 1.165) is 39.8 Å². The van der Waals surface area contributed by atoms with Crippen LogP contribution in [0.2, 0.25) is 0 Å². The first-order valence-electron chi connectivity index (χ1n) is 13.6. The van der Waals surface area contributed by atoms with Crippen molar-refractivity contribution in [1.82, 2.24) is 10.2 Å². The summed E-state index contributed by atoms with van der Waals surface area (Å²) in [5.74, 6) is -0.971. The summed E-state index contributed by atoms with van der Waals surface area (Å²) in [7, 11) is 1.31. The summed E-state index contributed by atoms with van der Waals surface area (Å²) in [4.78, 5) is 39.3. The summed E-state index contributed by atoms with van der Waals surface area (Å²) in [5.41, 5.74) is 5.77. The molecule has 5 rings (SSSR count). The Morgan fingerprint density at radius 3 is 2.51 bits per heavy atom. The molecule has 3 aromatic carbocycles. The van der Waals surface area contributed by atoms with Gasteiger partial charge in [0.2, 0.25) is 11.8 Å². The summed E-state index contributed by atoms with van der Waals surface area (Å²) in [6.45, 7) is 0.675. The van der Waals surface area contributed by atoms with Gasteiger partial charge in [-0.3, -0.25) is 9.59 Å². The number of esters is 1. The van der Waals surface area contributed by atoms with E-state index in [9.17, 15) is 27.6 Å². The fraction of sp³-hybridized carbons (Fsp3) is 0.344. The molecule has 214 valence electrons. The topological polar surface area (TPSA) is 75.7 Å². The van der Waals surface area contributed by atoms with Crippen LogP contribution in [0.15, 0.2) is 66.7 Å². The molecule has 1 heterocycles. The number of nitrogens with zero attached hydrogens (tertiary/aromatic N) is 1. The van der Waals surface area contributed by atoms with Gasteiger partial charge in [0.15, 0.2) is 0 Å². The van der Waals surface area contributed by atoms with Crippen molar-refractivity contribution in [1.29, 1.82) is 0 Å². The van der Waals surface area contributed by atoms with Gasteiger partial charge in [-0.2, -0.15) is 13.2 Å². The molecule has 6 nitrogen and oxygen atoms in total. The molecule has 1 saturated carbocycles. The zero-order valence-electron chi connectivity index (χ0n) is 22.7. The summed E-state index contributed by atoms with van der Waals surface area (Å²) in [6.07, 6.45) is -4.95. The van der Waals surface area contributed by atoms with Crippen LogP contribution in [0.1, 0.15) is 57.8 Å². The van der Waals surface area contributed by atoms with Crippen molar-refractivity contribution in [2.24, 2.45) is 5.92 Å². The number of rotatable bonds is 8. The predicted molar refractivity (Wildman–Crippen MR) is 147 cm³/mol. The number of alkyl halides is 3. The number of carbonyl (C=O) groups excluding carboxylic acids is 3. The molecule has 1 fully saturated rings. The van der Waals surface area contributed by atoms with Crippen molar-refractivity contribution < 1.29 is 32.3 Å². The highest BCUT2D eigenvalue weighted by Gasteiger charge is 2.43. The van der Waals surface area contributed by atoms with E-state index in [1.807, 2.05) is 48.5 Å². The Morgan fingerprint density at radius 1 is 1.00 bits per heavy atom. The normalized spacial score (nSPS) is 17.9. The maximum atomic E-state index is 13.0. The Balaban J connectivity index is 1.39. The molecule has 1 N–H and O–H groups in total. The number of carbonyl (C=O) groups is 3. The number of fused-ring (bicyclic) bond motifs is 1. The molecule has 2 atom stereocenters. The Labute approximate surface area is 236 Å². The minimum Gasteiger partial charge on any atom is -0.465 e. The molecule has 1 unspecified atom stereocenters. The van der Waals surface area contributed by atoms with Crippen molar-refractivity contribution in [3.8, 4) is 11.1 Å². The third-order valence-electron chi connectivity index (χ3n) is 7.89. The van der Waals surface area contributed by atoms with Crippen molar-refractivity contribution in [3.05, 3.63) is 94.5 Å². The number of hydrogen-bond acceptors (Lipinski definition) is 4. The average molecular weight is 565 g/mol. The highest BCUT2D eigenvalue weighted by atomic mass is 19.4. The lowest BCUT2D eigenvalue weighted by Crippen LogP contribution is -2.37. The first-order valence-corrected chi connectivity index (χ1v) is 13.6. The number of nitrogens with one attached hydrogen (secondary N) is 1. The van der Waals surface area contributed by atoms with Gasteiger partial charge < -0.3 is 15.0 Å². The molecule has 1 aliphatic heterocycles. The third-order valence-corrected chi connectivity index (χ3v) is 7.89. The number of amides is 2. The van der Waals surface area contributed by atoms with Crippen molar-refractivity contribution >= 4 is 17.8 Å². The van der Waals surface area contributed by atoms with E-state index < -0.39 is 30.9 Å². The van der Waals surface area contributed by atoms with Gasteiger partial charge in [0.05, 0.1) is 19.1 Å². The lowest BCUT2D eigenvalue weighted by Gasteiger charge is -2.32.